The summed E-state index contributed by atoms with van der Waals surface area (Å²) < 4.78 is 5.41. The molecule has 2 atom stereocenters. The molecule has 1 saturated heterocycles. The molecule has 0 unspecified atom stereocenters. The monoisotopic (exact) mass is 337 g/mol. The first-order valence-electron chi connectivity index (χ1n) is 8.92. The third kappa shape index (κ3) is 3.66. The Morgan fingerprint density at radius 3 is 2.76 bits per heavy atom. The molecule has 1 aromatic carbocycles. The van der Waals surface area contributed by atoms with Crippen LogP contribution < -0.4 is 10.2 Å². The van der Waals surface area contributed by atoms with Gasteiger partial charge in [0.05, 0.1) is 13.2 Å². The number of carbonyl (C=O) groups excluding carboxylic acids is 1. The Bertz CT molecular complexity index is 729. The van der Waals surface area contributed by atoms with Gasteiger partial charge in [-0.15, -0.1) is 0 Å². The van der Waals surface area contributed by atoms with Gasteiger partial charge in [-0.25, -0.2) is 4.98 Å². The van der Waals surface area contributed by atoms with Crippen LogP contribution in [0.5, 0.6) is 0 Å². The molecule has 1 aromatic heterocycles. The largest absolute Gasteiger partial charge is 0.378 e. The van der Waals surface area contributed by atoms with Crippen molar-refractivity contribution in [2.24, 2.45) is 5.92 Å². The van der Waals surface area contributed by atoms with Crippen LogP contribution in [0.2, 0.25) is 0 Å². The first-order valence-corrected chi connectivity index (χ1v) is 8.92. The predicted molar refractivity (Wildman–Crippen MR) is 96.4 cm³/mol. The number of hydrogen-bond acceptors (Lipinski definition) is 4. The number of benzene rings is 1. The second-order valence-electron chi connectivity index (χ2n) is 6.66. The Balaban J connectivity index is 1.37. The van der Waals surface area contributed by atoms with E-state index < -0.39 is 0 Å². The van der Waals surface area contributed by atoms with E-state index in [2.05, 4.69) is 27.3 Å². The lowest BCUT2D eigenvalue weighted by Gasteiger charge is -2.29. The zero-order valence-corrected chi connectivity index (χ0v) is 14.2. The minimum Gasteiger partial charge on any atom is -0.378 e. The van der Waals surface area contributed by atoms with Crippen LogP contribution in [0.4, 0.5) is 5.82 Å². The lowest BCUT2D eigenvalue weighted by atomic mass is 10.1. The van der Waals surface area contributed by atoms with Crippen molar-refractivity contribution < 1.29 is 9.53 Å². The van der Waals surface area contributed by atoms with Gasteiger partial charge in [-0.2, -0.15) is 0 Å². The molecule has 0 spiro atoms. The first kappa shape index (κ1) is 16.1. The maximum absolute atomic E-state index is 12.5. The van der Waals surface area contributed by atoms with E-state index in [1.54, 1.807) is 0 Å². The number of morpholine rings is 1. The van der Waals surface area contributed by atoms with E-state index in [-0.39, 0.29) is 11.8 Å². The number of ether oxygens (including phenoxy) is 1. The normalized spacial score (nSPS) is 22.5. The van der Waals surface area contributed by atoms with Gasteiger partial charge in [0.1, 0.15) is 5.82 Å². The van der Waals surface area contributed by atoms with Crippen LogP contribution >= 0.6 is 0 Å². The zero-order valence-electron chi connectivity index (χ0n) is 14.2. The number of nitrogens with zero attached hydrogens (tertiary/aromatic N) is 2. The van der Waals surface area contributed by atoms with Crippen molar-refractivity contribution in [2.75, 3.05) is 31.2 Å². The Labute approximate surface area is 148 Å². The summed E-state index contributed by atoms with van der Waals surface area (Å²) in [5.74, 6) is 1.58. The molecular weight excluding hydrogens is 314 g/mol. The smallest absolute Gasteiger partial charge is 0.224 e. The molecule has 1 amide bonds. The molecule has 1 aliphatic heterocycles. The molecule has 2 aliphatic rings. The first-order chi connectivity index (χ1) is 12.3. The number of aromatic nitrogens is 1. The fourth-order valence-corrected chi connectivity index (χ4v) is 3.49. The van der Waals surface area contributed by atoms with E-state index in [4.69, 9.17) is 4.74 Å². The summed E-state index contributed by atoms with van der Waals surface area (Å²) in [6, 6.07) is 14.3. The van der Waals surface area contributed by atoms with Gasteiger partial charge in [-0.05, 0) is 24.0 Å². The zero-order chi connectivity index (χ0) is 17.1. The van der Waals surface area contributed by atoms with Gasteiger partial charge in [0.2, 0.25) is 5.91 Å². The number of amides is 1. The molecule has 1 aliphatic carbocycles. The summed E-state index contributed by atoms with van der Waals surface area (Å²) in [6.45, 7) is 3.66. The second-order valence-corrected chi connectivity index (χ2v) is 6.66. The molecule has 1 saturated carbocycles. The van der Waals surface area contributed by atoms with Crippen LogP contribution in [0.25, 0.3) is 0 Å². The second kappa shape index (κ2) is 7.23. The number of pyridine rings is 1. The van der Waals surface area contributed by atoms with Gasteiger partial charge in [-0.1, -0.05) is 36.4 Å². The molecule has 130 valence electrons. The molecule has 0 radical (unpaired) electrons. The molecule has 2 aromatic rings. The molecule has 2 fully saturated rings. The van der Waals surface area contributed by atoms with E-state index >= 15 is 0 Å². The maximum Gasteiger partial charge on any atom is 0.224 e. The summed E-state index contributed by atoms with van der Waals surface area (Å²) in [4.78, 5) is 19.2. The highest BCUT2D eigenvalue weighted by Gasteiger charge is 2.43. The minimum absolute atomic E-state index is 0.103. The van der Waals surface area contributed by atoms with Gasteiger partial charge >= 0.3 is 0 Å². The van der Waals surface area contributed by atoms with Crippen molar-refractivity contribution in [3.63, 3.8) is 0 Å². The van der Waals surface area contributed by atoms with Gasteiger partial charge in [0, 0.05) is 37.3 Å². The fraction of sp³-hybridized carbons (Fsp3) is 0.400. The molecule has 5 nitrogen and oxygen atoms in total. The minimum atomic E-state index is 0.103. The SMILES string of the molecule is O=C(NCc1cccnc1N1CCOCC1)[C@H]1C[C@@H]1c1ccccc1. The lowest BCUT2D eigenvalue weighted by Crippen LogP contribution is -2.38. The fourth-order valence-electron chi connectivity index (χ4n) is 3.49. The molecule has 2 heterocycles. The predicted octanol–water partition coefficient (Wildman–Crippen LogP) is 2.34. The molecule has 4 rings (SSSR count). The van der Waals surface area contributed by atoms with E-state index in [1.807, 2.05) is 36.5 Å². The Kier molecular flexibility index (Phi) is 4.65. The van der Waals surface area contributed by atoms with Gasteiger partial charge in [-0.3, -0.25) is 4.79 Å². The highest BCUT2D eigenvalue weighted by atomic mass is 16.5. The molecule has 0 bridgehead atoms. The topological polar surface area (TPSA) is 54.5 Å². The van der Waals surface area contributed by atoms with Crippen LogP contribution in [-0.4, -0.2) is 37.2 Å². The molecule has 25 heavy (non-hydrogen) atoms. The van der Waals surface area contributed by atoms with Gasteiger partial charge in [0.25, 0.3) is 0 Å². The van der Waals surface area contributed by atoms with E-state index in [1.165, 1.54) is 5.56 Å². The van der Waals surface area contributed by atoms with Crippen molar-refractivity contribution in [1.29, 1.82) is 0 Å². The Morgan fingerprint density at radius 2 is 1.96 bits per heavy atom. The van der Waals surface area contributed by atoms with Crippen LogP contribution in [0.3, 0.4) is 0 Å². The standard InChI is InChI=1S/C20H23N3O2/c24-20(18-13-17(18)15-5-2-1-3-6-15)22-14-16-7-4-8-21-19(16)23-9-11-25-12-10-23/h1-8,17-18H,9-14H2,(H,22,24)/t17-,18+/m1/s1. The number of rotatable bonds is 5. The average molecular weight is 337 g/mol. The van der Waals surface area contributed by atoms with Crippen LogP contribution in [0.15, 0.2) is 48.7 Å². The van der Waals surface area contributed by atoms with Gasteiger partial charge < -0.3 is 15.0 Å². The number of anilines is 1. The summed E-state index contributed by atoms with van der Waals surface area (Å²) in [5, 5.41) is 3.10. The molecule has 5 heteroatoms. The van der Waals surface area contributed by atoms with Crippen LogP contribution in [0.1, 0.15) is 23.5 Å². The van der Waals surface area contributed by atoms with Crippen LogP contribution in [-0.2, 0) is 16.1 Å². The molecular formula is C20H23N3O2. The lowest BCUT2D eigenvalue weighted by molar-refractivity contribution is -0.122. The van der Waals surface area contributed by atoms with E-state index in [0.717, 1.165) is 44.1 Å². The highest BCUT2D eigenvalue weighted by molar-refractivity contribution is 5.83. The summed E-state index contributed by atoms with van der Waals surface area (Å²) >= 11 is 0. The van der Waals surface area contributed by atoms with Gasteiger partial charge in [0.15, 0.2) is 0 Å². The van der Waals surface area contributed by atoms with Crippen molar-refractivity contribution in [3.05, 3.63) is 59.8 Å². The third-order valence-corrected chi connectivity index (χ3v) is 4.99. The maximum atomic E-state index is 12.5. The number of hydrogen-bond donors (Lipinski definition) is 1. The third-order valence-electron chi connectivity index (χ3n) is 4.99. The van der Waals surface area contributed by atoms with E-state index in [9.17, 15) is 4.79 Å². The number of carbonyl (C=O) groups is 1. The average Bonchev–Trinajstić information content (AvgIpc) is 3.49. The van der Waals surface area contributed by atoms with Crippen molar-refractivity contribution in [1.82, 2.24) is 10.3 Å². The Morgan fingerprint density at radius 1 is 1.16 bits per heavy atom. The van der Waals surface area contributed by atoms with E-state index in [0.29, 0.717) is 12.5 Å². The van der Waals surface area contributed by atoms with Crippen molar-refractivity contribution in [2.45, 2.75) is 18.9 Å². The summed E-state index contributed by atoms with van der Waals surface area (Å²) in [7, 11) is 0. The number of nitrogens with one attached hydrogen (secondary N) is 1. The summed E-state index contributed by atoms with van der Waals surface area (Å²) in [6.07, 6.45) is 2.75. The molecule has 1 N–H and O–H groups in total. The quantitative estimate of drug-likeness (QED) is 0.910. The van der Waals surface area contributed by atoms with Crippen molar-refractivity contribution in [3.8, 4) is 0 Å². The summed E-state index contributed by atoms with van der Waals surface area (Å²) in [5.41, 5.74) is 2.33. The van der Waals surface area contributed by atoms with Crippen molar-refractivity contribution >= 4 is 11.7 Å². The highest BCUT2D eigenvalue weighted by Crippen LogP contribution is 2.47. The van der Waals surface area contributed by atoms with Crippen LogP contribution in [0, 0.1) is 5.92 Å². The Hall–Kier alpha value is -2.40.